The second kappa shape index (κ2) is 9.59. The van der Waals surface area contributed by atoms with Gasteiger partial charge in [-0.1, -0.05) is 6.92 Å². The van der Waals surface area contributed by atoms with E-state index in [2.05, 4.69) is 0 Å². The Kier molecular flexibility index (Phi) is 7.74. The second-order valence-electron chi connectivity index (χ2n) is 9.17. The summed E-state index contributed by atoms with van der Waals surface area (Å²) < 4.78 is 23.2. The standard InChI is InChI=1S/C19H38N4O7/c1-8-13(24)18(27-7-19(8,2)26)30-16-12(23)5-11(22)15(14(16)25)29-17-10(21)4-3-9(6-20)28-17/h8-18,24-26H,3-7,20-23H2,1-2H3/t8-,9+,10?,11+,12-,13?,14?,15?,16?,17-,18-,19?/m1/s1. The minimum Gasteiger partial charge on any atom is -0.388 e. The van der Waals surface area contributed by atoms with Crippen molar-refractivity contribution in [2.75, 3.05) is 13.2 Å². The summed E-state index contributed by atoms with van der Waals surface area (Å²) in [5.41, 5.74) is 23.1. The van der Waals surface area contributed by atoms with Crippen LogP contribution in [0.2, 0.25) is 0 Å². The quantitative estimate of drug-likeness (QED) is 0.233. The maximum Gasteiger partial charge on any atom is 0.184 e. The van der Waals surface area contributed by atoms with Gasteiger partial charge >= 0.3 is 0 Å². The van der Waals surface area contributed by atoms with Crippen LogP contribution in [0.3, 0.4) is 0 Å². The highest BCUT2D eigenvalue weighted by atomic mass is 16.7. The molecule has 176 valence electrons. The highest BCUT2D eigenvalue weighted by Gasteiger charge is 2.49. The molecule has 11 N–H and O–H groups in total. The van der Waals surface area contributed by atoms with Crippen molar-refractivity contribution < 1.29 is 34.3 Å². The summed E-state index contributed by atoms with van der Waals surface area (Å²) in [6.07, 6.45) is -4.22. The lowest BCUT2D eigenvalue weighted by molar-refractivity contribution is -0.312. The molecule has 3 fully saturated rings. The molecule has 0 aromatic carbocycles. The van der Waals surface area contributed by atoms with E-state index in [-0.39, 0.29) is 18.8 Å². The maximum atomic E-state index is 11.0. The van der Waals surface area contributed by atoms with E-state index >= 15 is 0 Å². The molecule has 30 heavy (non-hydrogen) atoms. The van der Waals surface area contributed by atoms with Crippen LogP contribution in [0.15, 0.2) is 0 Å². The highest BCUT2D eigenvalue weighted by Crippen LogP contribution is 2.33. The first-order valence-corrected chi connectivity index (χ1v) is 10.7. The van der Waals surface area contributed by atoms with E-state index in [9.17, 15) is 15.3 Å². The first-order valence-electron chi connectivity index (χ1n) is 10.7. The van der Waals surface area contributed by atoms with Crippen molar-refractivity contribution in [2.24, 2.45) is 28.9 Å². The molecule has 2 saturated heterocycles. The van der Waals surface area contributed by atoms with Crippen LogP contribution >= 0.6 is 0 Å². The predicted molar refractivity (Wildman–Crippen MR) is 107 cm³/mol. The first-order chi connectivity index (χ1) is 14.0. The Morgan fingerprint density at radius 1 is 0.967 bits per heavy atom. The number of ether oxygens (including phenoxy) is 4. The number of aliphatic hydroxyl groups is 3. The molecule has 3 rings (SSSR count). The van der Waals surface area contributed by atoms with Gasteiger partial charge in [-0.25, -0.2) is 0 Å². The lowest BCUT2D eigenvalue weighted by Crippen LogP contribution is -2.66. The van der Waals surface area contributed by atoms with Crippen LogP contribution in [-0.4, -0.2) is 95.3 Å². The number of aliphatic hydroxyl groups excluding tert-OH is 2. The lowest BCUT2D eigenvalue weighted by Gasteiger charge is -2.48. The van der Waals surface area contributed by atoms with Crippen molar-refractivity contribution in [2.45, 2.75) is 99.9 Å². The van der Waals surface area contributed by atoms with Crippen LogP contribution in [0.25, 0.3) is 0 Å². The fraction of sp³-hybridized carbons (Fsp3) is 1.00. The largest absolute Gasteiger partial charge is 0.388 e. The minimum atomic E-state index is -1.19. The number of hydrogen-bond donors (Lipinski definition) is 7. The zero-order valence-corrected chi connectivity index (χ0v) is 17.7. The molecule has 3 aliphatic rings. The van der Waals surface area contributed by atoms with Crippen LogP contribution in [0.5, 0.6) is 0 Å². The topological polar surface area (TPSA) is 202 Å². The summed E-state index contributed by atoms with van der Waals surface area (Å²) in [5, 5.41) is 31.8. The normalized spacial score (nSPS) is 52.9. The van der Waals surface area contributed by atoms with Gasteiger partial charge in [0, 0.05) is 24.5 Å². The third kappa shape index (κ3) is 4.97. The van der Waals surface area contributed by atoms with Gasteiger partial charge in [-0.15, -0.1) is 0 Å². The fourth-order valence-electron chi connectivity index (χ4n) is 4.33. The van der Waals surface area contributed by atoms with Crippen molar-refractivity contribution in [1.82, 2.24) is 0 Å². The monoisotopic (exact) mass is 434 g/mol. The second-order valence-corrected chi connectivity index (χ2v) is 9.17. The van der Waals surface area contributed by atoms with Crippen molar-refractivity contribution in [1.29, 1.82) is 0 Å². The Morgan fingerprint density at radius 3 is 2.17 bits per heavy atom. The van der Waals surface area contributed by atoms with Crippen molar-refractivity contribution in [3.05, 3.63) is 0 Å². The molecule has 0 bridgehead atoms. The van der Waals surface area contributed by atoms with E-state index in [1.807, 2.05) is 0 Å². The molecule has 0 radical (unpaired) electrons. The molecule has 11 nitrogen and oxygen atoms in total. The van der Waals surface area contributed by atoms with Crippen molar-refractivity contribution in [3.63, 3.8) is 0 Å². The van der Waals surface area contributed by atoms with Crippen LogP contribution in [0.4, 0.5) is 0 Å². The average Bonchev–Trinajstić information content (AvgIpc) is 2.69. The Labute approximate surface area is 176 Å². The molecule has 1 saturated carbocycles. The molecule has 6 unspecified atom stereocenters. The van der Waals surface area contributed by atoms with Gasteiger partial charge in [-0.05, 0) is 26.2 Å². The zero-order chi connectivity index (χ0) is 22.2. The summed E-state index contributed by atoms with van der Waals surface area (Å²) in [7, 11) is 0. The SMILES string of the molecule is C[C@@H]1C(O)[C@@H](OC2C(O)C(O[C@H]3O[C@H](CN)CCC3N)[C@@H](N)C[C@H]2N)OCC1(C)O. The van der Waals surface area contributed by atoms with Crippen molar-refractivity contribution >= 4 is 0 Å². The molecule has 0 spiro atoms. The van der Waals surface area contributed by atoms with E-state index in [4.69, 9.17) is 41.9 Å². The summed E-state index contributed by atoms with van der Waals surface area (Å²) in [6, 6.07) is -1.52. The van der Waals surface area contributed by atoms with Gasteiger partial charge in [0.15, 0.2) is 12.6 Å². The Balaban J connectivity index is 1.67. The minimum absolute atomic E-state index is 0.0152. The molecule has 1 aliphatic carbocycles. The molecule has 11 heteroatoms. The van der Waals surface area contributed by atoms with Gasteiger partial charge in [0.1, 0.15) is 24.4 Å². The Hall–Kier alpha value is -0.440. The maximum absolute atomic E-state index is 11.0. The molecular weight excluding hydrogens is 396 g/mol. The van der Waals surface area contributed by atoms with Gasteiger partial charge in [0.2, 0.25) is 0 Å². The number of rotatable bonds is 5. The van der Waals surface area contributed by atoms with Gasteiger partial charge in [0.05, 0.1) is 24.4 Å². The Morgan fingerprint density at radius 2 is 1.57 bits per heavy atom. The lowest BCUT2D eigenvalue weighted by atomic mass is 9.83. The molecule has 0 aromatic rings. The van der Waals surface area contributed by atoms with E-state index < -0.39 is 60.6 Å². The van der Waals surface area contributed by atoms with Crippen LogP contribution in [0, 0.1) is 5.92 Å². The summed E-state index contributed by atoms with van der Waals surface area (Å²) in [4.78, 5) is 0. The van der Waals surface area contributed by atoms with Gasteiger partial charge in [-0.2, -0.15) is 0 Å². The van der Waals surface area contributed by atoms with E-state index in [0.29, 0.717) is 19.4 Å². The summed E-state index contributed by atoms with van der Waals surface area (Å²) in [6.45, 7) is 3.63. The molecular formula is C19H38N4O7. The van der Waals surface area contributed by atoms with Gasteiger partial charge in [0.25, 0.3) is 0 Å². The van der Waals surface area contributed by atoms with E-state index in [1.165, 1.54) is 0 Å². The molecule has 2 aliphatic heterocycles. The molecule has 0 aromatic heterocycles. The number of hydrogen-bond acceptors (Lipinski definition) is 11. The van der Waals surface area contributed by atoms with E-state index in [1.54, 1.807) is 13.8 Å². The number of nitrogens with two attached hydrogens (primary N) is 4. The molecule has 0 amide bonds. The smallest absolute Gasteiger partial charge is 0.184 e. The average molecular weight is 435 g/mol. The summed E-state index contributed by atoms with van der Waals surface area (Å²) in [5.74, 6) is -0.496. The predicted octanol–water partition coefficient (Wildman–Crippen LogP) is -2.93. The molecule has 12 atom stereocenters. The third-order valence-corrected chi connectivity index (χ3v) is 6.72. The Bertz CT molecular complexity index is 571. The first kappa shape index (κ1) is 24.2. The van der Waals surface area contributed by atoms with Crippen molar-refractivity contribution in [3.8, 4) is 0 Å². The fourth-order valence-corrected chi connectivity index (χ4v) is 4.33. The van der Waals surface area contributed by atoms with Crippen LogP contribution < -0.4 is 22.9 Å². The zero-order valence-electron chi connectivity index (χ0n) is 17.7. The van der Waals surface area contributed by atoms with Gasteiger partial charge < -0.3 is 57.2 Å². The molecule has 2 heterocycles. The van der Waals surface area contributed by atoms with Gasteiger partial charge in [-0.3, -0.25) is 0 Å². The van der Waals surface area contributed by atoms with Crippen LogP contribution in [-0.2, 0) is 18.9 Å². The van der Waals surface area contributed by atoms with E-state index in [0.717, 1.165) is 6.42 Å². The summed E-state index contributed by atoms with van der Waals surface area (Å²) >= 11 is 0. The third-order valence-electron chi connectivity index (χ3n) is 6.72. The highest BCUT2D eigenvalue weighted by molar-refractivity contribution is 5.00. The van der Waals surface area contributed by atoms with Crippen LogP contribution in [0.1, 0.15) is 33.1 Å².